The number of hydrogen-bond donors (Lipinski definition) is 2. The van der Waals surface area contributed by atoms with Crippen LogP contribution >= 0.6 is 12.4 Å². The molecule has 0 aliphatic heterocycles. The second-order valence-electron chi connectivity index (χ2n) is 5.42. The molecule has 23 heavy (non-hydrogen) atoms. The first-order valence-electron chi connectivity index (χ1n) is 7.71. The summed E-state index contributed by atoms with van der Waals surface area (Å²) < 4.78 is 4.58. The van der Waals surface area contributed by atoms with E-state index >= 15 is 0 Å². The molecule has 3 N–H and O–H groups in total. The van der Waals surface area contributed by atoms with Crippen molar-refractivity contribution in [2.24, 2.45) is 5.73 Å². The van der Waals surface area contributed by atoms with Gasteiger partial charge in [-0.05, 0) is 25.3 Å². The van der Waals surface area contributed by atoms with Gasteiger partial charge in [0.2, 0.25) is 5.91 Å². The minimum atomic E-state index is -0.625. The molecule has 1 rings (SSSR count). The van der Waals surface area contributed by atoms with Crippen molar-refractivity contribution in [2.45, 2.75) is 45.1 Å². The van der Waals surface area contributed by atoms with Crippen molar-refractivity contribution in [2.75, 3.05) is 13.7 Å². The minimum absolute atomic E-state index is 0. The molecule has 5 nitrogen and oxygen atoms in total. The number of aryl methyl sites for hydroxylation is 1. The molecule has 6 heteroatoms. The Morgan fingerprint density at radius 3 is 2.35 bits per heavy atom. The Balaban J connectivity index is 0.00000484. The molecule has 1 unspecified atom stereocenters. The zero-order valence-electron chi connectivity index (χ0n) is 13.8. The molecule has 0 saturated heterocycles. The fourth-order valence-corrected chi connectivity index (χ4v) is 2.10. The lowest BCUT2D eigenvalue weighted by Crippen LogP contribution is -2.34. The van der Waals surface area contributed by atoms with Gasteiger partial charge in [0.05, 0.1) is 7.11 Å². The van der Waals surface area contributed by atoms with Crippen molar-refractivity contribution in [1.82, 2.24) is 5.32 Å². The molecule has 0 aliphatic carbocycles. The summed E-state index contributed by atoms with van der Waals surface area (Å²) in [6, 6.07) is 7.03. The summed E-state index contributed by atoms with van der Waals surface area (Å²) >= 11 is 0. The molecule has 0 bridgehead atoms. The Hall–Kier alpha value is -1.59. The Morgan fingerprint density at radius 2 is 1.74 bits per heavy atom. The average Bonchev–Trinajstić information content (AvgIpc) is 2.53. The van der Waals surface area contributed by atoms with E-state index in [1.165, 1.54) is 7.11 Å². The van der Waals surface area contributed by atoms with Crippen LogP contribution in [0.4, 0.5) is 0 Å². The monoisotopic (exact) mass is 342 g/mol. The molecule has 0 fully saturated rings. The number of carbonyl (C=O) groups is 2. The third kappa shape index (κ3) is 8.57. The zero-order chi connectivity index (χ0) is 16.4. The molecule has 0 spiro atoms. The Morgan fingerprint density at radius 1 is 1.13 bits per heavy atom. The number of methoxy groups -OCH3 is 1. The highest BCUT2D eigenvalue weighted by Gasteiger charge is 2.14. The van der Waals surface area contributed by atoms with Crippen molar-refractivity contribution in [3.8, 4) is 0 Å². The van der Waals surface area contributed by atoms with Crippen LogP contribution in [-0.4, -0.2) is 25.5 Å². The molecule has 0 aliphatic rings. The number of nitrogens with two attached hydrogens (primary N) is 1. The number of ether oxygens (including phenoxy) is 1. The number of benzene rings is 1. The van der Waals surface area contributed by atoms with Crippen LogP contribution in [0.2, 0.25) is 0 Å². The number of rotatable bonds is 9. The summed E-state index contributed by atoms with van der Waals surface area (Å²) in [6.45, 7) is 2.60. The second-order valence-corrected chi connectivity index (χ2v) is 5.42. The lowest BCUT2D eigenvalue weighted by molar-refractivity contribution is -0.140. The summed E-state index contributed by atoms with van der Waals surface area (Å²) in [5.74, 6) is -0.323. The summed E-state index contributed by atoms with van der Waals surface area (Å²) in [5, 5.41) is 2.85. The standard InChI is InChI=1S/C17H26N2O3.ClH/c1-13-8-10-14(11-9-13)16(18)17(21)19-12-6-4-3-5-7-15(20)22-2;/h8-11,16H,3-7,12,18H2,1-2H3,(H,19,21);1H. The van der Waals surface area contributed by atoms with E-state index in [9.17, 15) is 9.59 Å². The quantitative estimate of drug-likeness (QED) is 0.534. The molecule has 1 aromatic rings. The first-order chi connectivity index (χ1) is 10.5. The lowest BCUT2D eigenvalue weighted by atomic mass is 10.1. The third-order valence-corrected chi connectivity index (χ3v) is 3.55. The first kappa shape index (κ1) is 21.4. The molecular formula is C17H27ClN2O3. The number of unbranched alkanes of at least 4 members (excludes halogenated alkanes) is 3. The summed E-state index contributed by atoms with van der Waals surface area (Å²) in [6.07, 6.45) is 4.09. The predicted molar refractivity (Wildman–Crippen MR) is 93.5 cm³/mol. The fourth-order valence-electron chi connectivity index (χ4n) is 2.10. The number of hydrogen-bond acceptors (Lipinski definition) is 4. The maximum absolute atomic E-state index is 11.9. The van der Waals surface area contributed by atoms with Crippen LogP contribution in [0.1, 0.15) is 49.3 Å². The van der Waals surface area contributed by atoms with Gasteiger partial charge < -0.3 is 15.8 Å². The van der Waals surface area contributed by atoms with Crippen LogP contribution in [-0.2, 0) is 14.3 Å². The van der Waals surface area contributed by atoms with Gasteiger partial charge in [-0.25, -0.2) is 0 Å². The van der Waals surface area contributed by atoms with Crippen molar-refractivity contribution < 1.29 is 14.3 Å². The molecule has 0 aromatic heterocycles. The largest absolute Gasteiger partial charge is 0.469 e. The molecule has 1 amide bonds. The Kier molecular flexibility index (Phi) is 11.1. The second kappa shape index (κ2) is 11.9. The van der Waals surface area contributed by atoms with Crippen molar-refractivity contribution in [3.63, 3.8) is 0 Å². The van der Waals surface area contributed by atoms with Crippen molar-refractivity contribution in [3.05, 3.63) is 35.4 Å². The fraction of sp³-hybridized carbons (Fsp3) is 0.529. The highest BCUT2D eigenvalue weighted by Crippen LogP contribution is 2.11. The van der Waals surface area contributed by atoms with Gasteiger partial charge in [-0.15, -0.1) is 12.4 Å². The molecule has 1 aromatic carbocycles. The number of amides is 1. The predicted octanol–water partition coefficient (Wildman–Crippen LogP) is 2.66. The van der Waals surface area contributed by atoms with Crippen LogP contribution < -0.4 is 11.1 Å². The average molecular weight is 343 g/mol. The maximum Gasteiger partial charge on any atom is 0.305 e. The SMILES string of the molecule is COC(=O)CCCCCCNC(=O)C(N)c1ccc(C)cc1.Cl. The summed E-state index contributed by atoms with van der Waals surface area (Å²) in [7, 11) is 1.40. The highest BCUT2D eigenvalue weighted by atomic mass is 35.5. The van der Waals surface area contributed by atoms with Crippen LogP contribution in [0.15, 0.2) is 24.3 Å². The normalized spacial score (nSPS) is 11.3. The van der Waals surface area contributed by atoms with Crippen LogP contribution in [0, 0.1) is 6.92 Å². The van der Waals surface area contributed by atoms with E-state index in [1.807, 2.05) is 31.2 Å². The minimum Gasteiger partial charge on any atom is -0.469 e. The molecule has 1 atom stereocenters. The van der Waals surface area contributed by atoms with E-state index in [2.05, 4.69) is 10.1 Å². The number of nitrogens with one attached hydrogen (secondary N) is 1. The summed E-state index contributed by atoms with van der Waals surface area (Å²) in [5.41, 5.74) is 7.90. The van der Waals surface area contributed by atoms with Gasteiger partial charge in [0.1, 0.15) is 6.04 Å². The first-order valence-corrected chi connectivity index (χ1v) is 7.71. The van der Waals surface area contributed by atoms with Crippen molar-refractivity contribution in [1.29, 1.82) is 0 Å². The van der Waals surface area contributed by atoms with E-state index in [0.717, 1.165) is 36.8 Å². The van der Waals surface area contributed by atoms with Gasteiger partial charge in [0.25, 0.3) is 0 Å². The Labute approximate surface area is 144 Å². The molecule has 0 saturated carbocycles. The van der Waals surface area contributed by atoms with Gasteiger partial charge in [0.15, 0.2) is 0 Å². The Bertz CT molecular complexity index is 477. The van der Waals surface area contributed by atoms with Gasteiger partial charge >= 0.3 is 5.97 Å². The van der Waals surface area contributed by atoms with Crippen LogP contribution in [0.25, 0.3) is 0 Å². The maximum atomic E-state index is 11.9. The molecule has 0 radical (unpaired) electrons. The van der Waals surface area contributed by atoms with Gasteiger partial charge in [-0.1, -0.05) is 42.7 Å². The number of halogens is 1. The summed E-state index contributed by atoms with van der Waals surface area (Å²) in [4.78, 5) is 22.9. The molecular weight excluding hydrogens is 316 g/mol. The van der Waals surface area contributed by atoms with E-state index in [0.29, 0.717) is 13.0 Å². The number of esters is 1. The van der Waals surface area contributed by atoms with E-state index in [4.69, 9.17) is 5.73 Å². The van der Waals surface area contributed by atoms with E-state index < -0.39 is 6.04 Å². The highest BCUT2D eigenvalue weighted by molar-refractivity contribution is 5.85. The van der Waals surface area contributed by atoms with Gasteiger partial charge in [0, 0.05) is 13.0 Å². The van der Waals surface area contributed by atoms with Crippen LogP contribution in [0.5, 0.6) is 0 Å². The third-order valence-electron chi connectivity index (χ3n) is 3.55. The lowest BCUT2D eigenvalue weighted by Gasteiger charge is -2.12. The number of carbonyl (C=O) groups excluding carboxylic acids is 2. The molecule has 0 heterocycles. The van der Waals surface area contributed by atoms with E-state index in [-0.39, 0.29) is 24.3 Å². The smallest absolute Gasteiger partial charge is 0.305 e. The van der Waals surface area contributed by atoms with Gasteiger partial charge in [-0.2, -0.15) is 0 Å². The van der Waals surface area contributed by atoms with E-state index in [1.54, 1.807) is 0 Å². The molecule has 130 valence electrons. The van der Waals surface area contributed by atoms with Gasteiger partial charge in [-0.3, -0.25) is 9.59 Å². The van der Waals surface area contributed by atoms with Crippen LogP contribution in [0.3, 0.4) is 0 Å². The zero-order valence-corrected chi connectivity index (χ0v) is 14.7. The topological polar surface area (TPSA) is 81.4 Å². The van der Waals surface area contributed by atoms with Crippen molar-refractivity contribution >= 4 is 24.3 Å².